The highest BCUT2D eigenvalue weighted by Gasteiger charge is 2.14. The van der Waals surface area contributed by atoms with Crippen molar-refractivity contribution in [3.8, 4) is 0 Å². The van der Waals surface area contributed by atoms with Crippen LogP contribution in [0.5, 0.6) is 0 Å². The zero-order valence-electron chi connectivity index (χ0n) is 11.3. The summed E-state index contributed by atoms with van der Waals surface area (Å²) in [5, 5.41) is 0. The van der Waals surface area contributed by atoms with E-state index in [1.54, 1.807) is 19.1 Å². The summed E-state index contributed by atoms with van der Waals surface area (Å²) in [4.78, 5) is 22.7. The van der Waals surface area contributed by atoms with E-state index in [9.17, 15) is 9.59 Å². The monoisotopic (exact) mass is 248 g/mol. The second kappa shape index (κ2) is 5.67. The fourth-order valence-electron chi connectivity index (χ4n) is 1.41. The summed E-state index contributed by atoms with van der Waals surface area (Å²) < 4.78 is 0. The Kier molecular flexibility index (Phi) is 4.48. The van der Waals surface area contributed by atoms with E-state index in [1.807, 2.05) is 12.1 Å². The molecule has 18 heavy (non-hydrogen) atoms. The number of carbonyl (C=O) groups is 2. The molecule has 0 saturated carbocycles. The summed E-state index contributed by atoms with van der Waals surface area (Å²) in [6.45, 7) is 8.07. The summed E-state index contributed by atoms with van der Waals surface area (Å²) in [5.74, 6) is -0.521. The molecule has 0 fully saturated rings. The van der Waals surface area contributed by atoms with E-state index in [1.165, 1.54) is 0 Å². The lowest BCUT2D eigenvalue weighted by Crippen LogP contribution is -2.41. The Balaban J connectivity index is 2.68. The number of carbonyl (C=O) groups excluding carboxylic acids is 2. The van der Waals surface area contributed by atoms with Gasteiger partial charge in [0.1, 0.15) is 0 Å². The minimum absolute atomic E-state index is 0.0609. The Morgan fingerprint density at radius 2 is 1.61 bits per heavy atom. The van der Waals surface area contributed by atoms with E-state index < -0.39 is 0 Å². The molecule has 4 nitrogen and oxygen atoms in total. The smallest absolute Gasteiger partial charge is 0.269 e. The van der Waals surface area contributed by atoms with Crippen molar-refractivity contribution in [1.82, 2.24) is 10.9 Å². The lowest BCUT2D eigenvalue weighted by molar-refractivity contribution is -0.121. The molecule has 0 aliphatic heterocycles. The highest BCUT2D eigenvalue weighted by molar-refractivity contribution is 5.95. The Morgan fingerprint density at radius 3 is 2.06 bits per heavy atom. The molecule has 1 rings (SSSR count). The number of amides is 2. The lowest BCUT2D eigenvalue weighted by Gasteiger charge is -2.19. The van der Waals surface area contributed by atoms with Crippen molar-refractivity contribution in [3.05, 3.63) is 35.4 Å². The molecule has 0 radical (unpaired) electrons. The van der Waals surface area contributed by atoms with E-state index in [0.717, 1.165) is 5.56 Å². The lowest BCUT2D eigenvalue weighted by atomic mass is 9.87. The number of hydrogen-bond acceptors (Lipinski definition) is 2. The first-order valence-corrected chi connectivity index (χ1v) is 6.04. The molecule has 0 heterocycles. The molecule has 0 atom stereocenters. The van der Waals surface area contributed by atoms with Crippen LogP contribution < -0.4 is 10.9 Å². The van der Waals surface area contributed by atoms with E-state index >= 15 is 0 Å². The molecule has 1 aromatic carbocycles. The van der Waals surface area contributed by atoms with E-state index in [4.69, 9.17) is 0 Å². The van der Waals surface area contributed by atoms with E-state index in [-0.39, 0.29) is 17.2 Å². The van der Waals surface area contributed by atoms with Crippen molar-refractivity contribution in [1.29, 1.82) is 0 Å². The predicted octanol–water partition coefficient (Wildman–Crippen LogP) is 2.16. The van der Waals surface area contributed by atoms with Crippen molar-refractivity contribution >= 4 is 11.8 Å². The van der Waals surface area contributed by atoms with Crippen LogP contribution in [0.1, 0.15) is 50.0 Å². The minimum atomic E-state index is -0.308. The van der Waals surface area contributed by atoms with Gasteiger partial charge in [0.05, 0.1) is 0 Å². The molecule has 0 aliphatic carbocycles. The highest BCUT2D eigenvalue weighted by atomic mass is 16.2. The first-order valence-electron chi connectivity index (χ1n) is 6.04. The van der Waals surface area contributed by atoms with Crippen LogP contribution in [0, 0.1) is 0 Å². The predicted molar refractivity (Wildman–Crippen MR) is 71.0 cm³/mol. The van der Waals surface area contributed by atoms with Crippen molar-refractivity contribution in [2.24, 2.45) is 0 Å². The molecule has 0 spiro atoms. The van der Waals surface area contributed by atoms with Crippen molar-refractivity contribution in [2.45, 2.75) is 39.5 Å². The second-order valence-electron chi connectivity index (χ2n) is 5.18. The van der Waals surface area contributed by atoms with Gasteiger partial charge in [0.25, 0.3) is 5.91 Å². The molecule has 2 amide bonds. The maximum Gasteiger partial charge on any atom is 0.269 e. The van der Waals surface area contributed by atoms with Crippen molar-refractivity contribution in [2.75, 3.05) is 0 Å². The summed E-state index contributed by atoms with van der Waals surface area (Å²) in [7, 11) is 0. The van der Waals surface area contributed by atoms with Gasteiger partial charge in [-0.3, -0.25) is 20.4 Å². The number of nitrogens with one attached hydrogen (secondary N) is 2. The number of hydrazine groups is 1. The van der Waals surface area contributed by atoms with Gasteiger partial charge in [-0.2, -0.15) is 0 Å². The fourth-order valence-corrected chi connectivity index (χ4v) is 1.41. The molecule has 98 valence electrons. The van der Waals surface area contributed by atoms with Crippen LogP contribution in [0.2, 0.25) is 0 Å². The Morgan fingerprint density at radius 1 is 1.06 bits per heavy atom. The van der Waals surface area contributed by atoms with Crippen molar-refractivity contribution < 1.29 is 9.59 Å². The van der Waals surface area contributed by atoms with Gasteiger partial charge in [-0.25, -0.2) is 0 Å². The Bertz CT molecular complexity index is 430. The third kappa shape index (κ3) is 3.87. The third-order valence-electron chi connectivity index (χ3n) is 2.65. The highest BCUT2D eigenvalue weighted by Crippen LogP contribution is 2.21. The van der Waals surface area contributed by atoms with Crippen LogP contribution in [0.3, 0.4) is 0 Å². The molecule has 0 saturated heterocycles. The van der Waals surface area contributed by atoms with Crippen LogP contribution >= 0.6 is 0 Å². The Labute approximate surface area is 108 Å². The molecule has 0 bridgehead atoms. The van der Waals surface area contributed by atoms with E-state index in [0.29, 0.717) is 12.0 Å². The standard InChI is InChI=1S/C14H20N2O2/c1-5-12(17)15-16-13(18)10-6-8-11(9-7-10)14(2,3)4/h6-9H,5H2,1-4H3,(H,15,17)(H,16,18). The maximum atomic E-state index is 11.7. The summed E-state index contributed by atoms with van der Waals surface area (Å²) in [6, 6.07) is 7.37. The first kappa shape index (κ1) is 14.2. The fraction of sp³-hybridized carbons (Fsp3) is 0.429. The van der Waals surface area contributed by atoms with Gasteiger partial charge in [-0.15, -0.1) is 0 Å². The number of hydrogen-bond donors (Lipinski definition) is 2. The molecular formula is C14H20N2O2. The van der Waals surface area contributed by atoms with Crippen LogP contribution in [-0.2, 0) is 10.2 Å². The quantitative estimate of drug-likeness (QED) is 0.788. The second-order valence-corrected chi connectivity index (χ2v) is 5.18. The van der Waals surface area contributed by atoms with Crippen molar-refractivity contribution in [3.63, 3.8) is 0 Å². The number of rotatable bonds is 2. The molecule has 0 unspecified atom stereocenters. The maximum absolute atomic E-state index is 11.7. The van der Waals surface area contributed by atoms with Crippen LogP contribution in [0.25, 0.3) is 0 Å². The Hall–Kier alpha value is -1.84. The average Bonchev–Trinajstić information content (AvgIpc) is 2.34. The first-order chi connectivity index (χ1) is 8.34. The van der Waals surface area contributed by atoms with Gasteiger partial charge in [0, 0.05) is 12.0 Å². The average molecular weight is 248 g/mol. The van der Waals surface area contributed by atoms with Gasteiger partial charge in [-0.05, 0) is 23.1 Å². The topological polar surface area (TPSA) is 58.2 Å². The van der Waals surface area contributed by atoms with Crippen LogP contribution in [0.15, 0.2) is 24.3 Å². The van der Waals surface area contributed by atoms with Gasteiger partial charge < -0.3 is 0 Å². The molecule has 1 aromatic rings. The molecule has 2 N–H and O–H groups in total. The molecule has 0 aromatic heterocycles. The SMILES string of the molecule is CCC(=O)NNC(=O)c1ccc(C(C)(C)C)cc1. The molecular weight excluding hydrogens is 228 g/mol. The normalized spacial score (nSPS) is 10.9. The van der Waals surface area contributed by atoms with Crippen LogP contribution in [-0.4, -0.2) is 11.8 Å². The summed E-state index contributed by atoms with van der Waals surface area (Å²) in [6.07, 6.45) is 0.337. The molecule has 4 heteroatoms. The van der Waals surface area contributed by atoms with Gasteiger partial charge in [0.15, 0.2) is 0 Å². The van der Waals surface area contributed by atoms with Gasteiger partial charge >= 0.3 is 0 Å². The largest absolute Gasteiger partial charge is 0.273 e. The van der Waals surface area contributed by atoms with Gasteiger partial charge in [-0.1, -0.05) is 39.8 Å². The summed E-state index contributed by atoms with van der Waals surface area (Å²) >= 11 is 0. The third-order valence-corrected chi connectivity index (χ3v) is 2.65. The molecule has 0 aliphatic rings. The van der Waals surface area contributed by atoms with Crippen LogP contribution in [0.4, 0.5) is 0 Å². The zero-order valence-corrected chi connectivity index (χ0v) is 11.3. The van der Waals surface area contributed by atoms with E-state index in [2.05, 4.69) is 31.6 Å². The van der Waals surface area contributed by atoms with Gasteiger partial charge in [0.2, 0.25) is 5.91 Å². The zero-order chi connectivity index (χ0) is 13.8. The number of benzene rings is 1. The minimum Gasteiger partial charge on any atom is -0.273 e. The summed E-state index contributed by atoms with van der Waals surface area (Å²) in [5.41, 5.74) is 6.46.